The van der Waals surface area contributed by atoms with Crippen molar-refractivity contribution in [3.63, 3.8) is 0 Å². The van der Waals surface area contributed by atoms with E-state index in [0.717, 1.165) is 23.4 Å². The molecule has 0 N–H and O–H groups in total. The molecule has 0 unspecified atom stereocenters. The van der Waals surface area contributed by atoms with E-state index in [0.29, 0.717) is 13.0 Å². The molecule has 4 nitrogen and oxygen atoms in total. The summed E-state index contributed by atoms with van der Waals surface area (Å²) in [7, 11) is 3.46. The fourth-order valence-electron chi connectivity index (χ4n) is 2.01. The molecule has 0 fully saturated rings. The number of nitrogens with zero attached hydrogens (tertiary/aromatic N) is 2. The van der Waals surface area contributed by atoms with Crippen LogP contribution < -0.4 is 4.74 Å². The number of aromatic nitrogens is 1. The molecule has 2 aromatic rings. The number of carbonyl (C=O) groups is 1. The minimum atomic E-state index is 0.107. The highest BCUT2D eigenvalue weighted by Gasteiger charge is 2.10. The van der Waals surface area contributed by atoms with Crippen LogP contribution in [0.1, 0.15) is 11.3 Å². The van der Waals surface area contributed by atoms with Gasteiger partial charge < -0.3 is 9.64 Å². The SMILES string of the molecule is COc1ccc(CC(=O)N(C)CCc2ccccn2)cc1. The van der Waals surface area contributed by atoms with E-state index < -0.39 is 0 Å². The van der Waals surface area contributed by atoms with Crippen LogP contribution in [0.2, 0.25) is 0 Å². The average Bonchev–Trinajstić information content (AvgIpc) is 2.54. The third-order valence-electron chi connectivity index (χ3n) is 3.37. The van der Waals surface area contributed by atoms with Gasteiger partial charge in [0.2, 0.25) is 5.91 Å². The lowest BCUT2D eigenvalue weighted by molar-refractivity contribution is -0.129. The molecule has 0 aliphatic rings. The molecule has 0 saturated heterocycles. The first-order chi connectivity index (χ1) is 10.2. The van der Waals surface area contributed by atoms with E-state index in [-0.39, 0.29) is 5.91 Å². The normalized spacial score (nSPS) is 10.2. The molecule has 0 saturated carbocycles. The van der Waals surface area contributed by atoms with Gasteiger partial charge in [-0.1, -0.05) is 18.2 Å². The summed E-state index contributed by atoms with van der Waals surface area (Å²) in [6.07, 6.45) is 2.95. The molecule has 21 heavy (non-hydrogen) atoms. The Kier molecular flexibility index (Phi) is 5.32. The Morgan fingerprint density at radius 1 is 1.19 bits per heavy atom. The van der Waals surface area contributed by atoms with Crippen molar-refractivity contribution in [3.05, 3.63) is 59.9 Å². The molecule has 1 heterocycles. The quantitative estimate of drug-likeness (QED) is 0.817. The number of rotatable bonds is 6. The third kappa shape index (κ3) is 4.60. The first kappa shape index (κ1) is 15.0. The van der Waals surface area contributed by atoms with E-state index >= 15 is 0 Å². The summed E-state index contributed by atoms with van der Waals surface area (Å²) in [5, 5.41) is 0. The van der Waals surface area contributed by atoms with Gasteiger partial charge in [0.05, 0.1) is 13.5 Å². The number of carbonyl (C=O) groups excluding carboxylic acids is 1. The van der Waals surface area contributed by atoms with Crippen LogP contribution in [-0.4, -0.2) is 36.5 Å². The maximum Gasteiger partial charge on any atom is 0.226 e. The zero-order valence-corrected chi connectivity index (χ0v) is 12.5. The maximum absolute atomic E-state index is 12.2. The Bertz CT molecular complexity index is 567. The minimum absolute atomic E-state index is 0.107. The molecule has 0 aliphatic heterocycles. The smallest absolute Gasteiger partial charge is 0.226 e. The Hall–Kier alpha value is -2.36. The van der Waals surface area contributed by atoms with Gasteiger partial charge >= 0.3 is 0 Å². The molecule has 0 spiro atoms. The van der Waals surface area contributed by atoms with Gasteiger partial charge in [0.25, 0.3) is 0 Å². The fourth-order valence-corrected chi connectivity index (χ4v) is 2.01. The van der Waals surface area contributed by atoms with Crippen molar-refractivity contribution >= 4 is 5.91 Å². The molecule has 0 atom stereocenters. The van der Waals surface area contributed by atoms with Crippen LogP contribution >= 0.6 is 0 Å². The molecule has 1 aromatic carbocycles. The Morgan fingerprint density at radius 2 is 1.95 bits per heavy atom. The topological polar surface area (TPSA) is 42.4 Å². The van der Waals surface area contributed by atoms with Gasteiger partial charge in [0.15, 0.2) is 0 Å². The maximum atomic E-state index is 12.2. The molecule has 0 aliphatic carbocycles. The van der Waals surface area contributed by atoms with Crippen molar-refractivity contribution in [2.75, 3.05) is 20.7 Å². The number of benzene rings is 1. The number of likely N-dealkylation sites (N-methyl/N-ethyl adjacent to an activating group) is 1. The van der Waals surface area contributed by atoms with Crippen molar-refractivity contribution in [1.29, 1.82) is 0 Å². The summed E-state index contributed by atoms with van der Waals surface area (Å²) in [6.45, 7) is 0.673. The summed E-state index contributed by atoms with van der Waals surface area (Å²) >= 11 is 0. The van der Waals surface area contributed by atoms with Gasteiger partial charge in [0, 0.05) is 31.9 Å². The van der Waals surface area contributed by atoms with E-state index in [1.807, 2.05) is 49.5 Å². The van der Waals surface area contributed by atoms with Crippen LogP contribution in [0.5, 0.6) is 5.75 Å². The van der Waals surface area contributed by atoms with Gasteiger partial charge in [-0.05, 0) is 29.8 Å². The van der Waals surface area contributed by atoms with E-state index in [2.05, 4.69) is 4.98 Å². The zero-order valence-electron chi connectivity index (χ0n) is 12.5. The van der Waals surface area contributed by atoms with Crippen LogP contribution in [0.25, 0.3) is 0 Å². The van der Waals surface area contributed by atoms with Crippen LogP contribution in [0, 0.1) is 0 Å². The van der Waals surface area contributed by atoms with Crippen molar-refractivity contribution in [1.82, 2.24) is 9.88 Å². The molecule has 1 amide bonds. The van der Waals surface area contributed by atoms with Gasteiger partial charge in [-0.2, -0.15) is 0 Å². The van der Waals surface area contributed by atoms with Crippen LogP contribution in [0.3, 0.4) is 0 Å². The van der Waals surface area contributed by atoms with Gasteiger partial charge in [0.1, 0.15) is 5.75 Å². The third-order valence-corrected chi connectivity index (χ3v) is 3.37. The summed E-state index contributed by atoms with van der Waals surface area (Å²) in [5.41, 5.74) is 1.99. The lowest BCUT2D eigenvalue weighted by Crippen LogP contribution is -2.30. The average molecular weight is 284 g/mol. The summed E-state index contributed by atoms with van der Waals surface area (Å²) in [4.78, 5) is 18.2. The van der Waals surface area contributed by atoms with Crippen molar-refractivity contribution < 1.29 is 9.53 Å². The minimum Gasteiger partial charge on any atom is -0.497 e. The van der Waals surface area contributed by atoms with E-state index in [4.69, 9.17) is 4.74 Å². The van der Waals surface area contributed by atoms with Crippen LogP contribution in [-0.2, 0) is 17.6 Å². The number of pyridine rings is 1. The predicted octanol–water partition coefficient (Wildman–Crippen LogP) is 2.33. The second kappa shape index (κ2) is 7.43. The Morgan fingerprint density at radius 3 is 2.57 bits per heavy atom. The lowest BCUT2D eigenvalue weighted by Gasteiger charge is -2.17. The molecule has 4 heteroatoms. The Labute approximate surface area is 125 Å². The standard InChI is InChI=1S/C17H20N2O2/c1-19(12-10-15-5-3-4-11-18-15)17(20)13-14-6-8-16(21-2)9-7-14/h3-9,11H,10,12-13H2,1-2H3. The summed E-state index contributed by atoms with van der Waals surface area (Å²) in [6, 6.07) is 13.4. The lowest BCUT2D eigenvalue weighted by atomic mass is 10.1. The monoisotopic (exact) mass is 284 g/mol. The fraction of sp³-hybridized carbons (Fsp3) is 0.294. The largest absolute Gasteiger partial charge is 0.497 e. The number of methoxy groups -OCH3 is 1. The molecule has 2 rings (SSSR count). The number of amides is 1. The molecular weight excluding hydrogens is 264 g/mol. The highest BCUT2D eigenvalue weighted by molar-refractivity contribution is 5.78. The second-order valence-corrected chi connectivity index (χ2v) is 4.91. The van der Waals surface area contributed by atoms with Crippen LogP contribution in [0.15, 0.2) is 48.7 Å². The summed E-state index contributed by atoms with van der Waals surface area (Å²) < 4.78 is 5.11. The summed E-state index contributed by atoms with van der Waals surface area (Å²) in [5.74, 6) is 0.908. The van der Waals surface area contributed by atoms with Crippen LogP contribution in [0.4, 0.5) is 0 Å². The van der Waals surface area contributed by atoms with Crippen molar-refractivity contribution in [2.45, 2.75) is 12.8 Å². The van der Waals surface area contributed by atoms with Gasteiger partial charge in [-0.25, -0.2) is 0 Å². The van der Waals surface area contributed by atoms with E-state index in [1.54, 1.807) is 18.2 Å². The zero-order chi connectivity index (χ0) is 15.1. The van der Waals surface area contributed by atoms with Gasteiger partial charge in [-0.15, -0.1) is 0 Å². The number of hydrogen-bond donors (Lipinski definition) is 0. The van der Waals surface area contributed by atoms with Crippen molar-refractivity contribution in [2.24, 2.45) is 0 Å². The predicted molar refractivity (Wildman–Crippen MR) is 82.3 cm³/mol. The molecule has 110 valence electrons. The second-order valence-electron chi connectivity index (χ2n) is 4.91. The molecule has 0 radical (unpaired) electrons. The molecule has 0 bridgehead atoms. The first-order valence-electron chi connectivity index (χ1n) is 6.96. The van der Waals surface area contributed by atoms with Gasteiger partial charge in [-0.3, -0.25) is 9.78 Å². The first-order valence-corrected chi connectivity index (χ1v) is 6.96. The highest BCUT2D eigenvalue weighted by atomic mass is 16.5. The van der Waals surface area contributed by atoms with E-state index in [9.17, 15) is 4.79 Å². The Balaban J connectivity index is 1.84. The highest BCUT2D eigenvalue weighted by Crippen LogP contribution is 2.12. The van der Waals surface area contributed by atoms with E-state index in [1.165, 1.54) is 0 Å². The number of ether oxygens (including phenoxy) is 1. The molecular formula is C17H20N2O2. The molecule has 1 aromatic heterocycles. The number of hydrogen-bond acceptors (Lipinski definition) is 3. The van der Waals surface area contributed by atoms with Crippen molar-refractivity contribution in [3.8, 4) is 5.75 Å².